The minimum atomic E-state index is -1.23. The average molecular weight is 608 g/mol. The van der Waals surface area contributed by atoms with Crippen LogP contribution >= 0.6 is 23.5 Å². The van der Waals surface area contributed by atoms with Gasteiger partial charge in [-0.1, -0.05) is 0 Å². The van der Waals surface area contributed by atoms with Gasteiger partial charge in [0.05, 0.1) is 19.1 Å². The maximum atomic E-state index is 12.7. The van der Waals surface area contributed by atoms with Crippen LogP contribution in [-0.4, -0.2) is 115 Å². The summed E-state index contributed by atoms with van der Waals surface area (Å²) in [5, 5.41) is 20.8. The zero-order chi connectivity index (χ0) is 30.5. The molecule has 12 N–H and O–H groups in total. The summed E-state index contributed by atoms with van der Waals surface area (Å²) in [4.78, 5) is 76.3. The van der Waals surface area contributed by atoms with Gasteiger partial charge in [0.1, 0.15) is 18.6 Å². The van der Waals surface area contributed by atoms with Gasteiger partial charge in [0.25, 0.3) is 0 Å². The van der Waals surface area contributed by atoms with Gasteiger partial charge < -0.3 is 48.9 Å². The van der Waals surface area contributed by atoms with Gasteiger partial charge in [-0.2, -0.15) is 23.5 Å². The second-order valence-corrected chi connectivity index (χ2v) is 10.4. The van der Waals surface area contributed by atoms with Crippen LogP contribution in [-0.2, 0) is 28.8 Å². The van der Waals surface area contributed by atoms with E-state index in [-0.39, 0.29) is 18.8 Å². The van der Waals surface area contributed by atoms with Crippen molar-refractivity contribution < 1.29 is 33.9 Å². The number of hydrogen-bond acceptors (Lipinski definition) is 10. The molecule has 0 bridgehead atoms. The smallest absolute Gasteiger partial charge is 0.322 e. The summed E-state index contributed by atoms with van der Waals surface area (Å²) in [5.41, 5.74) is 16.3. The number of nitrogens with two attached hydrogens (primary N) is 3. The number of carbonyl (C=O) groups excluding carboxylic acids is 5. The fourth-order valence-corrected chi connectivity index (χ4v) is 3.97. The largest absolute Gasteiger partial charge is 0.480 e. The number of carboxylic acids is 1. The zero-order valence-electron chi connectivity index (χ0n) is 22.7. The molecule has 18 heteroatoms. The summed E-state index contributed by atoms with van der Waals surface area (Å²) >= 11 is 2.89. The van der Waals surface area contributed by atoms with E-state index < -0.39 is 73.3 Å². The molecular formula is C22H41N9O7S2. The Morgan fingerprint density at radius 2 is 1.20 bits per heavy atom. The Hall–Kier alpha value is -3.25. The van der Waals surface area contributed by atoms with Gasteiger partial charge in [-0.25, -0.2) is 0 Å². The number of thioether (sulfide) groups is 2. The Balaban J connectivity index is 4.83. The van der Waals surface area contributed by atoms with Gasteiger partial charge in [0.2, 0.25) is 29.5 Å². The molecule has 0 aromatic carbocycles. The first-order valence-electron chi connectivity index (χ1n) is 12.3. The lowest BCUT2D eigenvalue weighted by Gasteiger charge is -2.20. The lowest BCUT2D eigenvalue weighted by Crippen LogP contribution is -2.54. The normalized spacial score (nSPS) is 12.7. The van der Waals surface area contributed by atoms with Crippen molar-refractivity contribution in [2.75, 3.05) is 50.2 Å². The SMILES string of the molecule is CSCCC(NC(=O)CNC(=O)C(N)CCCN=C(N)N)C(=O)NCC(=O)NC(CCSC)C(=O)NCC(=O)O. The van der Waals surface area contributed by atoms with Gasteiger partial charge in [-0.05, 0) is 49.7 Å². The Kier molecular flexibility index (Phi) is 19.8. The first-order chi connectivity index (χ1) is 18.9. The molecule has 0 aliphatic carbocycles. The highest BCUT2D eigenvalue weighted by Gasteiger charge is 2.24. The molecule has 3 unspecified atom stereocenters. The molecular weight excluding hydrogens is 566 g/mol. The fraction of sp³-hybridized carbons (Fsp3) is 0.682. The Labute approximate surface area is 241 Å². The summed E-state index contributed by atoms with van der Waals surface area (Å²) in [6.07, 6.45) is 4.91. The minimum Gasteiger partial charge on any atom is -0.480 e. The number of carboxylic acid groups (broad SMARTS) is 1. The highest BCUT2D eigenvalue weighted by atomic mass is 32.2. The number of aliphatic imine (C=N–C) groups is 1. The number of rotatable bonds is 21. The third-order valence-electron chi connectivity index (χ3n) is 5.09. The van der Waals surface area contributed by atoms with E-state index in [2.05, 4.69) is 31.6 Å². The summed E-state index contributed by atoms with van der Waals surface area (Å²) in [6, 6.07) is -2.84. The third-order valence-corrected chi connectivity index (χ3v) is 6.38. The van der Waals surface area contributed by atoms with Crippen LogP contribution in [0.3, 0.4) is 0 Å². The molecule has 0 rings (SSSR count). The number of nitrogens with zero attached hydrogens (tertiary/aromatic N) is 1. The van der Waals surface area contributed by atoms with Crippen molar-refractivity contribution in [3.05, 3.63) is 0 Å². The van der Waals surface area contributed by atoms with Gasteiger partial charge in [0, 0.05) is 6.54 Å². The van der Waals surface area contributed by atoms with Crippen LogP contribution in [0.25, 0.3) is 0 Å². The number of guanidine groups is 1. The molecule has 16 nitrogen and oxygen atoms in total. The molecule has 0 saturated heterocycles. The van der Waals surface area contributed by atoms with Crippen molar-refractivity contribution >= 4 is 65.0 Å². The Morgan fingerprint density at radius 1 is 0.750 bits per heavy atom. The number of hydrogen-bond donors (Lipinski definition) is 9. The Morgan fingerprint density at radius 3 is 1.62 bits per heavy atom. The van der Waals surface area contributed by atoms with Crippen LogP contribution in [0.15, 0.2) is 4.99 Å². The van der Waals surface area contributed by atoms with Gasteiger partial charge in [-0.3, -0.25) is 33.8 Å². The molecule has 0 radical (unpaired) electrons. The first kappa shape index (κ1) is 36.8. The lowest BCUT2D eigenvalue weighted by molar-refractivity contribution is -0.138. The molecule has 3 atom stereocenters. The van der Waals surface area contributed by atoms with E-state index in [4.69, 9.17) is 22.3 Å². The molecule has 228 valence electrons. The maximum absolute atomic E-state index is 12.7. The Bertz CT molecular complexity index is 889. The first-order valence-corrected chi connectivity index (χ1v) is 15.1. The van der Waals surface area contributed by atoms with E-state index in [0.29, 0.717) is 30.9 Å². The van der Waals surface area contributed by atoms with Crippen molar-refractivity contribution in [1.29, 1.82) is 0 Å². The minimum absolute atomic E-state index is 0.0638. The summed E-state index contributed by atoms with van der Waals surface area (Å²) in [7, 11) is 0. The summed E-state index contributed by atoms with van der Waals surface area (Å²) in [5.74, 6) is -3.36. The predicted octanol–water partition coefficient (Wildman–Crippen LogP) is -3.72. The second kappa shape index (κ2) is 21.6. The van der Waals surface area contributed by atoms with Crippen LogP contribution in [0.2, 0.25) is 0 Å². The number of nitrogens with one attached hydrogen (secondary N) is 5. The van der Waals surface area contributed by atoms with E-state index in [0.717, 1.165) is 0 Å². The quantitative estimate of drug-likeness (QED) is 0.0346. The molecule has 5 amide bonds. The van der Waals surface area contributed by atoms with Crippen molar-refractivity contribution in [1.82, 2.24) is 26.6 Å². The number of amides is 5. The van der Waals surface area contributed by atoms with Gasteiger partial charge in [0.15, 0.2) is 5.96 Å². The summed E-state index contributed by atoms with van der Waals surface area (Å²) in [6.45, 7) is -1.17. The van der Waals surface area contributed by atoms with Crippen LogP contribution in [0.1, 0.15) is 25.7 Å². The third kappa shape index (κ3) is 18.1. The number of aliphatic carboxylic acids is 1. The van der Waals surface area contributed by atoms with Crippen molar-refractivity contribution in [3.63, 3.8) is 0 Å². The topological polar surface area (TPSA) is 273 Å². The maximum Gasteiger partial charge on any atom is 0.322 e. The van der Waals surface area contributed by atoms with Crippen LogP contribution in [0, 0.1) is 0 Å². The van der Waals surface area contributed by atoms with E-state index in [1.807, 2.05) is 12.5 Å². The monoisotopic (exact) mass is 607 g/mol. The molecule has 0 aliphatic rings. The van der Waals surface area contributed by atoms with Crippen molar-refractivity contribution in [2.45, 2.75) is 43.8 Å². The van der Waals surface area contributed by atoms with Gasteiger partial charge >= 0.3 is 5.97 Å². The average Bonchev–Trinajstić information content (AvgIpc) is 2.91. The van der Waals surface area contributed by atoms with Crippen LogP contribution in [0.5, 0.6) is 0 Å². The highest BCUT2D eigenvalue weighted by Crippen LogP contribution is 2.03. The van der Waals surface area contributed by atoms with Crippen LogP contribution < -0.4 is 43.8 Å². The van der Waals surface area contributed by atoms with E-state index in [1.54, 1.807) is 0 Å². The van der Waals surface area contributed by atoms with Crippen molar-refractivity contribution in [3.8, 4) is 0 Å². The fourth-order valence-electron chi connectivity index (χ4n) is 3.03. The molecule has 0 aliphatic heterocycles. The van der Waals surface area contributed by atoms with Gasteiger partial charge in [-0.15, -0.1) is 0 Å². The summed E-state index contributed by atoms with van der Waals surface area (Å²) < 4.78 is 0. The lowest BCUT2D eigenvalue weighted by atomic mass is 10.1. The molecule has 0 heterocycles. The highest BCUT2D eigenvalue weighted by molar-refractivity contribution is 7.98. The molecule has 0 fully saturated rings. The van der Waals surface area contributed by atoms with E-state index in [1.165, 1.54) is 23.5 Å². The standard InChI is InChI=1S/C22H41N9O7S2/c1-39-8-5-14(30-16(32)10-27-19(36)13(23)4-3-7-26-22(24)25)20(37)28-11-17(33)31-15(6-9-40-2)21(38)29-12-18(34)35/h13-15H,3-12,23H2,1-2H3,(H,27,36)(H,28,37)(H,29,38)(H,30,32)(H,31,33)(H,34,35)(H4,24,25,26). The number of carbonyl (C=O) groups is 6. The molecule has 40 heavy (non-hydrogen) atoms. The van der Waals surface area contributed by atoms with E-state index in [9.17, 15) is 28.8 Å². The molecule has 0 aromatic heterocycles. The molecule has 0 aromatic rings. The molecule has 0 saturated carbocycles. The van der Waals surface area contributed by atoms with Crippen LogP contribution in [0.4, 0.5) is 0 Å². The second-order valence-electron chi connectivity index (χ2n) is 8.41. The van der Waals surface area contributed by atoms with Crippen molar-refractivity contribution in [2.24, 2.45) is 22.2 Å². The van der Waals surface area contributed by atoms with E-state index >= 15 is 0 Å². The zero-order valence-corrected chi connectivity index (χ0v) is 24.3. The predicted molar refractivity (Wildman–Crippen MR) is 154 cm³/mol. The molecule has 0 spiro atoms.